The van der Waals surface area contributed by atoms with E-state index >= 15 is 0 Å². The largest absolute Gasteiger partial charge is 0.399 e. The second kappa shape index (κ2) is 8.11. The SMILES string of the molecule is CCCCN(CCCC)S(=O)(=O)Oc1ccc(N)cc1. The molecule has 0 bridgehead atoms. The number of benzene rings is 1. The number of hydrogen-bond donors (Lipinski definition) is 1. The van der Waals surface area contributed by atoms with Gasteiger partial charge in [0.15, 0.2) is 0 Å². The monoisotopic (exact) mass is 300 g/mol. The van der Waals surface area contributed by atoms with Crippen LogP contribution in [0.3, 0.4) is 0 Å². The Balaban J connectivity index is 2.77. The Bertz CT molecular complexity index is 478. The summed E-state index contributed by atoms with van der Waals surface area (Å²) < 4.78 is 31.1. The molecule has 1 aromatic carbocycles. The number of rotatable bonds is 9. The van der Waals surface area contributed by atoms with E-state index < -0.39 is 10.3 Å². The first-order chi connectivity index (χ1) is 9.49. The lowest BCUT2D eigenvalue weighted by atomic mass is 10.3. The standard InChI is InChI=1S/C14H24N2O3S/c1-3-5-11-16(12-6-4-2)20(17,18)19-14-9-7-13(15)8-10-14/h7-10H,3-6,11-12,15H2,1-2H3. The molecule has 6 heteroatoms. The Morgan fingerprint density at radius 1 is 1.05 bits per heavy atom. The van der Waals surface area contributed by atoms with Crippen LogP contribution in [0.15, 0.2) is 24.3 Å². The molecule has 0 aromatic heterocycles. The molecule has 0 aliphatic rings. The summed E-state index contributed by atoms with van der Waals surface area (Å²) in [5.41, 5.74) is 6.14. The highest BCUT2D eigenvalue weighted by molar-refractivity contribution is 7.84. The Labute approximate surface area is 122 Å². The molecule has 0 atom stereocenters. The van der Waals surface area contributed by atoms with Crippen molar-refractivity contribution >= 4 is 16.0 Å². The molecule has 5 nitrogen and oxygen atoms in total. The highest BCUT2D eigenvalue weighted by Gasteiger charge is 2.23. The first-order valence-electron chi connectivity index (χ1n) is 7.04. The molecule has 0 amide bonds. The molecule has 20 heavy (non-hydrogen) atoms. The van der Waals surface area contributed by atoms with Crippen molar-refractivity contribution in [2.75, 3.05) is 18.8 Å². The predicted octanol–water partition coefficient (Wildman–Crippen LogP) is 2.79. The second-order valence-corrected chi connectivity index (χ2v) is 6.25. The van der Waals surface area contributed by atoms with Gasteiger partial charge in [-0.25, -0.2) is 0 Å². The molecule has 0 aliphatic carbocycles. The summed E-state index contributed by atoms with van der Waals surface area (Å²) in [5, 5.41) is 0. The Kier molecular flexibility index (Phi) is 6.81. The zero-order valence-corrected chi connectivity index (χ0v) is 13.0. The first kappa shape index (κ1) is 16.8. The van der Waals surface area contributed by atoms with Gasteiger partial charge in [0.2, 0.25) is 0 Å². The Hall–Kier alpha value is -1.27. The van der Waals surface area contributed by atoms with E-state index in [4.69, 9.17) is 9.92 Å². The fourth-order valence-electron chi connectivity index (χ4n) is 1.70. The molecule has 0 unspecified atom stereocenters. The third-order valence-electron chi connectivity index (χ3n) is 2.92. The topological polar surface area (TPSA) is 72.6 Å². The molecule has 0 saturated heterocycles. The lowest BCUT2D eigenvalue weighted by Crippen LogP contribution is -2.36. The van der Waals surface area contributed by atoms with Crippen LogP contribution >= 0.6 is 0 Å². The molecule has 1 aromatic rings. The van der Waals surface area contributed by atoms with Gasteiger partial charge < -0.3 is 9.92 Å². The third-order valence-corrected chi connectivity index (χ3v) is 4.32. The van der Waals surface area contributed by atoms with Crippen LogP contribution in [0.1, 0.15) is 39.5 Å². The first-order valence-corrected chi connectivity index (χ1v) is 8.41. The minimum atomic E-state index is -3.74. The van der Waals surface area contributed by atoms with Gasteiger partial charge in [0.25, 0.3) is 0 Å². The molecule has 0 spiro atoms. The zero-order chi connectivity index (χ0) is 15.0. The smallest absolute Gasteiger partial charge is 0.385 e. The van der Waals surface area contributed by atoms with Gasteiger partial charge in [-0.2, -0.15) is 12.7 Å². The van der Waals surface area contributed by atoms with Crippen molar-refractivity contribution < 1.29 is 12.6 Å². The molecule has 0 radical (unpaired) electrons. The van der Waals surface area contributed by atoms with Crippen molar-refractivity contribution in [3.8, 4) is 5.75 Å². The Morgan fingerprint density at radius 3 is 2.00 bits per heavy atom. The van der Waals surface area contributed by atoms with Gasteiger partial charge >= 0.3 is 10.3 Å². The lowest BCUT2D eigenvalue weighted by Gasteiger charge is -2.21. The number of nitrogens with zero attached hydrogens (tertiary/aromatic N) is 1. The second-order valence-electron chi connectivity index (χ2n) is 4.72. The fourth-order valence-corrected chi connectivity index (χ4v) is 2.87. The van der Waals surface area contributed by atoms with E-state index in [-0.39, 0.29) is 5.75 Å². The maximum Gasteiger partial charge on any atom is 0.385 e. The number of unbranched alkanes of at least 4 members (excludes halogenated alkanes) is 2. The van der Waals surface area contributed by atoms with Crippen LogP contribution in [0, 0.1) is 0 Å². The summed E-state index contributed by atoms with van der Waals surface area (Å²) in [6.45, 7) is 5.05. The van der Waals surface area contributed by atoms with Crippen molar-refractivity contribution in [2.45, 2.75) is 39.5 Å². The molecule has 0 fully saturated rings. The normalized spacial score (nSPS) is 11.8. The number of hydrogen-bond acceptors (Lipinski definition) is 4. The average molecular weight is 300 g/mol. The van der Waals surface area contributed by atoms with E-state index in [9.17, 15) is 8.42 Å². The molecule has 114 valence electrons. The summed E-state index contributed by atoms with van der Waals surface area (Å²) in [4.78, 5) is 0. The molecule has 0 saturated carbocycles. The van der Waals surface area contributed by atoms with Crippen LogP contribution in [0.5, 0.6) is 5.75 Å². The van der Waals surface area contributed by atoms with Crippen molar-refractivity contribution in [3.63, 3.8) is 0 Å². The third kappa shape index (κ3) is 5.38. The van der Waals surface area contributed by atoms with Gasteiger partial charge in [-0.05, 0) is 37.1 Å². The van der Waals surface area contributed by atoms with Crippen LogP contribution in [0.25, 0.3) is 0 Å². The maximum atomic E-state index is 12.3. The van der Waals surface area contributed by atoms with Gasteiger partial charge in [-0.15, -0.1) is 0 Å². The maximum absolute atomic E-state index is 12.3. The van der Waals surface area contributed by atoms with Gasteiger partial charge in [-0.1, -0.05) is 26.7 Å². The number of anilines is 1. The minimum Gasteiger partial charge on any atom is -0.399 e. The van der Waals surface area contributed by atoms with Gasteiger partial charge in [0.05, 0.1) is 0 Å². The summed E-state index contributed by atoms with van der Waals surface area (Å²) in [6, 6.07) is 6.36. The quantitative estimate of drug-likeness (QED) is 0.712. The van der Waals surface area contributed by atoms with E-state index in [1.807, 2.05) is 13.8 Å². The molecule has 1 rings (SSSR count). The zero-order valence-electron chi connectivity index (χ0n) is 12.2. The fraction of sp³-hybridized carbons (Fsp3) is 0.571. The number of nitrogens with two attached hydrogens (primary N) is 1. The van der Waals surface area contributed by atoms with Crippen LogP contribution in [0.4, 0.5) is 5.69 Å². The molecule has 0 heterocycles. The van der Waals surface area contributed by atoms with Crippen molar-refractivity contribution in [1.29, 1.82) is 0 Å². The van der Waals surface area contributed by atoms with Gasteiger partial charge in [0, 0.05) is 18.8 Å². The van der Waals surface area contributed by atoms with Crippen LogP contribution in [-0.4, -0.2) is 25.8 Å². The molecular weight excluding hydrogens is 276 g/mol. The summed E-state index contributed by atoms with van der Waals surface area (Å²) in [7, 11) is -3.74. The molecular formula is C14H24N2O3S. The molecule has 2 N–H and O–H groups in total. The summed E-state index contributed by atoms with van der Waals surface area (Å²) in [5.74, 6) is 0.289. The van der Waals surface area contributed by atoms with Crippen LogP contribution in [0.2, 0.25) is 0 Å². The average Bonchev–Trinajstić information content (AvgIpc) is 2.41. The summed E-state index contributed by atoms with van der Waals surface area (Å²) in [6.07, 6.45) is 3.54. The van der Waals surface area contributed by atoms with E-state index in [0.29, 0.717) is 18.8 Å². The van der Waals surface area contributed by atoms with E-state index in [1.165, 1.54) is 4.31 Å². The Morgan fingerprint density at radius 2 is 1.55 bits per heavy atom. The predicted molar refractivity (Wildman–Crippen MR) is 81.8 cm³/mol. The van der Waals surface area contributed by atoms with Crippen LogP contribution in [-0.2, 0) is 10.3 Å². The van der Waals surface area contributed by atoms with Gasteiger partial charge in [0.1, 0.15) is 5.75 Å². The van der Waals surface area contributed by atoms with Crippen molar-refractivity contribution in [1.82, 2.24) is 4.31 Å². The summed E-state index contributed by atoms with van der Waals surface area (Å²) >= 11 is 0. The van der Waals surface area contributed by atoms with E-state index in [1.54, 1.807) is 24.3 Å². The highest BCUT2D eigenvalue weighted by atomic mass is 32.2. The van der Waals surface area contributed by atoms with Crippen molar-refractivity contribution in [2.24, 2.45) is 0 Å². The van der Waals surface area contributed by atoms with Gasteiger partial charge in [-0.3, -0.25) is 0 Å². The van der Waals surface area contributed by atoms with E-state index in [0.717, 1.165) is 25.7 Å². The minimum absolute atomic E-state index is 0.289. The molecule has 0 aliphatic heterocycles. The number of nitrogen functional groups attached to an aromatic ring is 1. The van der Waals surface area contributed by atoms with E-state index in [2.05, 4.69) is 0 Å². The van der Waals surface area contributed by atoms with Crippen LogP contribution < -0.4 is 9.92 Å². The van der Waals surface area contributed by atoms with Crippen molar-refractivity contribution in [3.05, 3.63) is 24.3 Å². The lowest BCUT2D eigenvalue weighted by molar-refractivity contribution is 0.346. The highest BCUT2D eigenvalue weighted by Crippen LogP contribution is 2.17.